The van der Waals surface area contributed by atoms with E-state index in [2.05, 4.69) is 203 Å². The summed E-state index contributed by atoms with van der Waals surface area (Å²) in [5.41, 5.74) is 10.9. The van der Waals surface area contributed by atoms with Crippen LogP contribution in [0.15, 0.2) is 134 Å². The molecule has 9 nitrogen and oxygen atoms in total. The molecule has 3 aliphatic heterocycles. The second kappa shape index (κ2) is 31.3. The van der Waals surface area contributed by atoms with Crippen LogP contribution in [0.5, 0.6) is 0 Å². The van der Waals surface area contributed by atoms with Crippen molar-refractivity contribution in [3.63, 3.8) is 0 Å². The molecule has 0 spiro atoms. The number of hydrogen-bond acceptors (Lipinski definition) is 6. The molecule has 3 saturated heterocycles. The Labute approximate surface area is 506 Å². The van der Waals surface area contributed by atoms with E-state index in [4.69, 9.17) is 4.98 Å². The van der Waals surface area contributed by atoms with Crippen LogP contribution in [-0.2, 0) is 68.8 Å². The van der Waals surface area contributed by atoms with Gasteiger partial charge in [0.05, 0.1) is 0 Å². The van der Waals surface area contributed by atoms with E-state index in [0.717, 1.165) is 79.3 Å². The van der Waals surface area contributed by atoms with Crippen LogP contribution in [0.3, 0.4) is 0 Å². The van der Waals surface area contributed by atoms with Crippen LogP contribution in [0.2, 0.25) is 0 Å². The third kappa shape index (κ3) is 18.5. The van der Waals surface area contributed by atoms with E-state index in [1.54, 1.807) is 0 Å². The zero-order valence-electron chi connectivity index (χ0n) is 50.3. The van der Waals surface area contributed by atoms with Gasteiger partial charge in [-0.2, -0.15) is 0 Å². The van der Waals surface area contributed by atoms with Gasteiger partial charge in [0, 0.05) is 121 Å². The van der Waals surface area contributed by atoms with Crippen LogP contribution in [0.25, 0.3) is 33.1 Å². The summed E-state index contributed by atoms with van der Waals surface area (Å²) in [6.45, 7) is 36.2. The Morgan fingerprint density at radius 3 is 1.15 bits per heavy atom. The number of benzene rings is 2. The first-order valence-corrected chi connectivity index (χ1v) is 30.7. The largest absolute Gasteiger partial charge is 0.329 e. The Bertz CT molecular complexity index is 3010. The van der Waals surface area contributed by atoms with Crippen molar-refractivity contribution < 1.29 is 21.1 Å². The van der Waals surface area contributed by atoms with Gasteiger partial charge in [-0.1, -0.05) is 160 Å². The first-order valence-electron chi connectivity index (χ1n) is 29.5. The van der Waals surface area contributed by atoms with Crippen LogP contribution in [0.1, 0.15) is 150 Å². The smallest absolute Gasteiger partial charge is 0.140 e. The van der Waals surface area contributed by atoms with E-state index in [1.165, 1.54) is 109 Å². The van der Waals surface area contributed by atoms with Gasteiger partial charge in [-0.3, -0.25) is 4.90 Å². The molecular weight excluding hydrogens is 1220 g/mol. The average Bonchev–Trinajstić information content (AvgIpc) is 4.19. The Balaban J connectivity index is 0.000000203. The van der Waals surface area contributed by atoms with E-state index < -0.39 is 0 Å². The van der Waals surface area contributed by atoms with Gasteiger partial charge < -0.3 is 23.9 Å². The molecule has 80 heavy (non-hydrogen) atoms. The van der Waals surface area contributed by atoms with Crippen molar-refractivity contribution in [1.29, 1.82) is 0 Å². The normalized spacial score (nSPS) is 16.0. The van der Waals surface area contributed by atoms with Crippen molar-refractivity contribution in [3.8, 4) is 0 Å². The van der Waals surface area contributed by atoms with Crippen LogP contribution in [-0.4, -0.2) is 84.8 Å². The molecule has 9 heterocycles. The number of alkyl halides is 1. The van der Waals surface area contributed by atoms with Crippen molar-refractivity contribution in [1.82, 2.24) is 43.8 Å². The minimum atomic E-state index is 0. The van der Waals surface area contributed by atoms with Crippen molar-refractivity contribution in [3.05, 3.63) is 162 Å². The summed E-state index contributed by atoms with van der Waals surface area (Å²) in [7, 11) is 2.23. The van der Waals surface area contributed by atoms with Crippen molar-refractivity contribution in [2.75, 3.05) is 46.3 Å². The second-order valence-electron chi connectivity index (χ2n) is 25.2. The molecule has 0 bridgehead atoms. The van der Waals surface area contributed by atoms with Gasteiger partial charge in [0.25, 0.3) is 0 Å². The monoisotopic (exact) mass is 1320 g/mol. The molecule has 1 N–H and O–H groups in total. The maximum Gasteiger partial charge on any atom is 0.140 e. The summed E-state index contributed by atoms with van der Waals surface area (Å²) in [5, 5.41) is 8.21. The van der Waals surface area contributed by atoms with Gasteiger partial charge in [-0.05, 0) is 168 Å². The van der Waals surface area contributed by atoms with Crippen molar-refractivity contribution in [2.24, 2.45) is 17.8 Å². The first-order chi connectivity index (χ1) is 37.4. The molecule has 0 amide bonds. The fourth-order valence-corrected chi connectivity index (χ4v) is 11.9. The molecule has 3 fully saturated rings. The number of piperidine rings is 3. The van der Waals surface area contributed by atoms with Gasteiger partial charge in [0.15, 0.2) is 0 Å². The number of hydrogen-bond donors (Lipinski definition) is 1. The molecule has 3 aliphatic rings. The molecule has 0 saturated carbocycles. The number of likely N-dealkylation sites (tertiary alicyclic amines) is 2. The summed E-state index contributed by atoms with van der Waals surface area (Å²) in [5.74, 6) is 2.28. The third-order valence-corrected chi connectivity index (χ3v) is 16.5. The number of rotatable bonds is 9. The average molecular weight is 1320 g/mol. The molecule has 2 aromatic carbocycles. The zero-order chi connectivity index (χ0) is 55.9. The predicted octanol–water partition coefficient (Wildman–Crippen LogP) is 16.5. The minimum Gasteiger partial charge on any atom is -0.329 e. The van der Waals surface area contributed by atoms with Gasteiger partial charge in [-0.15, -0.1) is 0 Å². The van der Waals surface area contributed by atoms with E-state index in [-0.39, 0.29) is 44.7 Å². The number of nitrogens with one attached hydrogen (secondary N) is 1. The number of fused-ring (bicyclic) bond motifs is 3. The van der Waals surface area contributed by atoms with E-state index >= 15 is 0 Å². The second-order valence-corrected chi connectivity index (χ2v) is 25.7. The molecule has 0 atom stereocenters. The molecular formula is C69H100BrN9W. The van der Waals surface area contributed by atoms with Gasteiger partial charge in [0.2, 0.25) is 0 Å². The SMILES string of the molecule is BrCc1ccccc1.C.CC.CC(C)(C)c1cc2cccnc2n1CC1CCN(Cc2ccccc2)CC1.CC(C)(C)c1cc2cccnc2n1CC1CCNCC1.CN1CCC(Cn2c(C(C)(C)C)cc3cccnc32)CC1.[W]. The van der Waals surface area contributed by atoms with Crippen LogP contribution in [0.4, 0.5) is 0 Å². The molecule has 6 aromatic heterocycles. The molecule has 11 rings (SSSR count). The summed E-state index contributed by atoms with van der Waals surface area (Å²) < 4.78 is 7.43. The summed E-state index contributed by atoms with van der Waals surface area (Å²) in [6, 6.07) is 40.8. The Kier molecular flexibility index (Phi) is 25.9. The maximum atomic E-state index is 4.70. The summed E-state index contributed by atoms with van der Waals surface area (Å²) >= 11 is 3.36. The van der Waals surface area contributed by atoms with Crippen molar-refractivity contribution in [2.45, 2.75) is 170 Å². The Hall–Kier alpha value is -4.44. The van der Waals surface area contributed by atoms with Gasteiger partial charge in [0.1, 0.15) is 16.9 Å². The predicted molar refractivity (Wildman–Crippen MR) is 343 cm³/mol. The number of aromatic nitrogens is 6. The quantitative estimate of drug-likeness (QED) is 0.145. The van der Waals surface area contributed by atoms with Gasteiger partial charge in [-0.25, -0.2) is 15.0 Å². The van der Waals surface area contributed by atoms with Crippen molar-refractivity contribution >= 4 is 49.0 Å². The maximum absolute atomic E-state index is 4.70. The number of pyridine rings is 3. The summed E-state index contributed by atoms with van der Waals surface area (Å²) in [4.78, 5) is 19.0. The minimum absolute atomic E-state index is 0. The topological polar surface area (TPSA) is 72.0 Å². The molecule has 0 radical (unpaired) electrons. The fraction of sp³-hybridized carbons (Fsp3) is 0.522. The van der Waals surface area contributed by atoms with Gasteiger partial charge >= 0.3 is 0 Å². The standard InChI is InChI=1S/C24H31N3.C18H27N3.C17H25N3.C7H7Br.C2H6.CH4.W/c1-24(2,3)22-16-21-10-7-13-25-23(21)27(22)18-20-11-14-26(15-12-20)17-19-8-5-4-6-9-19;1-18(2,3)16-12-15-6-5-9-19-17(15)21(16)13-14-7-10-20(4)11-8-14;1-17(2,3)15-11-14-5-4-8-19-16(14)20(15)12-13-6-9-18-10-7-13;8-6-7-4-2-1-3-5-7;1-2;;/h4-10,13,16,20H,11-12,14-15,17-18H2,1-3H3;5-6,9,12,14H,7-8,10-11,13H2,1-4H3;4-5,8,11,13,18H,6-7,9-10,12H2,1-3H3;1-5H,6H2;1-2H3;1H4;. The molecule has 0 unspecified atom stereocenters. The zero-order valence-corrected chi connectivity index (χ0v) is 54.8. The molecule has 434 valence electrons. The van der Waals surface area contributed by atoms with E-state index in [0.29, 0.717) is 0 Å². The third-order valence-electron chi connectivity index (χ3n) is 15.8. The molecule has 11 heteroatoms. The van der Waals surface area contributed by atoms with Crippen LogP contribution in [0, 0.1) is 17.8 Å². The van der Waals surface area contributed by atoms with Crippen LogP contribution < -0.4 is 5.32 Å². The molecule has 0 aliphatic carbocycles. The Morgan fingerprint density at radius 2 is 0.812 bits per heavy atom. The molecule has 8 aromatic rings. The number of nitrogens with zero attached hydrogens (tertiary/aromatic N) is 8. The number of halogens is 1. The summed E-state index contributed by atoms with van der Waals surface area (Å²) in [6.07, 6.45) is 13.4. The first kappa shape index (κ1) is 66.4. The van der Waals surface area contributed by atoms with E-state index in [9.17, 15) is 0 Å². The Morgan fingerprint density at radius 1 is 0.475 bits per heavy atom. The van der Waals surface area contributed by atoms with E-state index in [1.807, 2.05) is 68.8 Å². The fourth-order valence-electron chi connectivity index (χ4n) is 11.5. The van der Waals surface area contributed by atoms with Crippen LogP contribution >= 0.6 is 15.9 Å².